The third-order valence-electron chi connectivity index (χ3n) is 6.02. The second kappa shape index (κ2) is 7.32. The molecule has 3 rings (SSSR count). The number of carbonyl (C=O) groups excluding carboxylic acids is 2. The molecule has 0 aliphatic carbocycles. The quantitative estimate of drug-likeness (QED) is 0.819. The van der Waals surface area contributed by atoms with Gasteiger partial charge in [-0.05, 0) is 32.1 Å². The molecule has 0 spiro atoms. The van der Waals surface area contributed by atoms with E-state index in [2.05, 4.69) is 0 Å². The molecular formula is C18H28N2O5. The van der Waals surface area contributed by atoms with Crippen molar-refractivity contribution in [3.63, 3.8) is 0 Å². The first-order valence-electron chi connectivity index (χ1n) is 9.39. The van der Waals surface area contributed by atoms with Gasteiger partial charge in [0.15, 0.2) is 0 Å². The molecule has 3 atom stereocenters. The summed E-state index contributed by atoms with van der Waals surface area (Å²) in [4.78, 5) is 40.8. The first-order valence-corrected chi connectivity index (χ1v) is 9.39. The maximum atomic E-state index is 13.1. The summed E-state index contributed by atoms with van der Waals surface area (Å²) in [6.07, 6.45) is 4.19. The van der Waals surface area contributed by atoms with Gasteiger partial charge in [0.2, 0.25) is 11.8 Å². The number of amides is 2. The highest BCUT2D eigenvalue weighted by atomic mass is 16.5. The minimum atomic E-state index is -0.888. The zero-order valence-electron chi connectivity index (χ0n) is 14.9. The van der Waals surface area contributed by atoms with E-state index < -0.39 is 17.4 Å². The van der Waals surface area contributed by atoms with Gasteiger partial charge in [0.05, 0.1) is 12.0 Å². The number of piperidine rings is 1. The summed E-state index contributed by atoms with van der Waals surface area (Å²) in [5.74, 6) is -1.04. The maximum Gasteiger partial charge on any atom is 0.311 e. The fourth-order valence-electron chi connectivity index (χ4n) is 4.52. The van der Waals surface area contributed by atoms with Gasteiger partial charge in [-0.2, -0.15) is 0 Å². The van der Waals surface area contributed by atoms with Gasteiger partial charge in [-0.1, -0.05) is 6.92 Å². The molecule has 140 valence electrons. The molecule has 2 amide bonds. The van der Waals surface area contributed by atoms with Crippen LogP contribution in [0.25, 0.3) is 0 Å². The number of carbonyl (C=O) groups is 3. The van der Waals surface area contributed by atoms with Crippen molar-refractivity contribution in [3.8, 4) is 0 Å². The number of likely N-dealkylation sites (tertiary alicyclic amines) is 2. The summed E-state index contributed by atoms with van der Waals surface area (Å²) in [7, 11) is 0. The Balaban J connectivity index is 1.75. The van der Waals surface area contributed by atoms with Crippen LogP contribution in [0.4, 0.5) is 0 Å². The van der Waals surface area contributed by atoms with Crippen LogP contribution in [0, 0.1) is 11.3 Å². The van der Waals surface area contributed by atoms with Crippen molar-refractivity contribution in [2.24, 2.45) is 11.3 Å². The standard InChI is InChI=1S/C18H28N2O5/c1-2-5-15(21)20-8-4-3-6-14(20)16(22)19-10-13-11-25-9-7-18(13,12-19)17(23)24/h13-14H,2-12H2,1H3,(H,23,24)/t13-,14?,18+/m0/s1. The first-order chi connectivity index (χ1) is 12.0. The van der Waals surface area contributed by atoms with Crippen LogP contribution >= 0.6 is 0 Å². The second-order valence-corrected chi connectivity index (χ2v) is 7.55. The summed E-state index contributed by atoms with van der Waals surface area (Å²) in [6.45, 7) is 4.05. The molecule has 0 aromatic carbocycles. The van der Waals surface area contributed by atoms with Gasteiger partial charge in [-0.3, -0.25) is 14.4 Å². The lowest BCUT2D eigenvalue weighted by atomic mass is 9.74. The van der Waals surface area contributed by atoms with E-state index in [1.165, 1.54) is 0 Å². The highest BCUT2D eigenvalue weighted by molar-refractivity contribution is 5.89. The van der Waals surface area contributed by atoms with Crippen LogP contribution in [0.2, 0.25) is 0 Å². The van der Waals surface area contributed by atoms with Crippen LogP contribution in [-0.4, -0.2) is 71.6 Å². The molecule has 1 N–H and O–H groups in total. The number of hydrogen-bond acceptors (Lipinski definition) is 4. The highest BCUT2D eigenvalue weighted by Crippen LogP contribution is 2.43. The smallest absolute Gasteiger partial charge is 0.311 e. The van der Waals surface area contributed by atoms with E-state index >= 15 is 0 Å². The minimum Gasteiger partial charge on any atom is -0.481 e. The number of hydrogen-bond donors (Lipinski definition) is 1. The predicted octanol–water partition coefficient (Wildman–Crippen LogP) is 1.12. The largest absolute Gasteiger partial charge is 0.481 e. The lowest BCUT2D eigenvalue weighted by molar-refractivity contribution is -0.158. The van der Waals surface area contributed by atoms with E-state index in [0.29, 0.717) is 45.6 Å². The van der Waals surface area contributed by atoms with Crippen LogP contribution in [0.15, 0.2) is 0 Å². The molecule has 0 radical (unpaired) electrons. The highest BCUT2D eigenvalue weighted by Gasteiger charge is 2.55. The first kappa shape index (κ1) is 18.2. The van der Waals surface area contributed by atoms with Crippen molar-refractivity contribution in [2.45, 2.75) is 51.5 Å². The molecule has 3 saturated heterocycles. The van der Waals surface area contributed by atoms with E-state index in [4.69, 9.17) is 4.74 Å². The molecule has 0 bridgehead atoms. The molecule has 3 aliphatic rings. The second-order valence-electron chi connectivity index (χ2n) is 7.55. The van der Waals surface area contributed by atoms with E-state index in [9.17, 15) is 19.5 Å². The molecule has 25 heavy (non-hydrogen) atoms. The van der Waals surface area contributed by atoms with Crippen LogP contribution in [-0.2, 0) is 19.1 Å². The van der Waals surface area contributed by atoms with Gasteiger partial charge >= 0.3 is 5.97 Å². The molecule has 0 aromatic heterocycles. The van der Waals surface area contributed by atoms with E-state index in [1.54, 1.807) is 9.80 Å². The Morgan fingerprint density at radius 3 is 2.76 bits per heavy atom. The number of carboxylic acids is 1. The minimum absolute atomic E-state index is 0.0356. The molecule has 7 nitrogen and oxygen atoms in total. The summed E-state index contributed by atoms with van der Waals surface area (Å²) < 4.78 is 5.46. The van der Waals surface area contributed by atoms with Crippen LogP contribution < -0.4 is 0 Å². The molecule has 7 heteroatoms. The molecule has 1 unspecified atom stereocenters. The molecule has 0 saturated carbocycles. The van der Waals surface area contributed by atoms with Crippen molar-refractivity contribution in [1.82, 2.24) is 9.80 Å². The topological polar surface area (TPSA) is 87.2 Å². The van der Waals surface area contributed by atoms with E-state index in [-0.39, 0.29) is 24.3 Å². The molecule has 0 aromatic rings. The van der Waals surface area contributed by atoms with Gasteiger partial charge in [0.1, 0.15) is 6.04 Å². The Morgan fingerprint density at radius 1 is 1.28 bits per heavy atom. The Bertz CT molecular complexity index is 552. The predicted molar refractivity (Wildman–Crippen MR) is 89.8 cm³/mol. The number of aliphatic carboxylic acids is 1. The van der Waals surface area contributed by atoms with Crippen LogP contribution in [0.1, 0.15) is 45.4 Å². The van der Waals surface area contributed by atoms with Crippen molar-refractivity contribution in [3.05, 3.63) is 0 Å². The molecule has 3 fully saturated rings. The average molecular weight is 352 g/mol. The average Bonchev–Trinajstić information content (AvgIpc) is 3.02. The summed E-state index contributed by atoms with van der Waals surface area (Å²) in [6, 6.07) is -0.431. The fraction of sp³-hybridized carbons (Fsp3) is 0.833. The zero-order valence-corrected chi connectivity index (χ0v) is 14.9. The number of rotatable bonds is 4. The molecular weight excluding hydrogens is 324 g/mol. The molecule has 3 heterocycles. The molecule has 3 aliphatic heterocycles. The number of carboxylic acid groups (broad SMARTS) is 1. The van der Waals surface area contributed by atoms with Gasteiger partial charge < -0.3 is 19.6 Å². The SMILES string of the molecule is CCCC(=O)N1CCCCC1C(=O)N1C[C@H]2COCC[C@@]2(C(=O)O)C1. The summed E-state index contributed by atoms with van der Waals surface area (Å²) in [5, 5.41) is 9.76. The normalized spacial score (nSPS) is 32.4. The number of nitrogens with zero attached hydrogens (tertiary/aromatic N) is 2. The Kier molecular flexibility index (Phi) is 5.32. The summed E-state index contributed by atoms with van der Waals surface area (Å²) >= 11 is 0. The lowest BCUT2D eigenvalue weighted by Crippen LogP contribution is -2.53. The van der Waals surface area contributed by atoms with Gasteiger partial charge in [0, 0.05) is 38.6 Å². The van der Waals surface area contributed by atoms with Crippen molar-refractivity contribution < 1.29 is 24.2 Å². The monoisotopic (exact) mass is 352 g/mol. The Morgan fingerprint density at radius 2 is 2.08 bits per heavy atom. The third kappa shape index (κ3) is 3.26. The lowest BCUT2D eigenvalue weighted by Gasteiger charge is -2.37. The van der Waals surface area contributed by atoms with Crippen molar-refractivity contribution in [1.29, 1.82) is 0 Å². The van der Waals surface area contributed by atoms with E-state index in [0.717, 1.165) is 19.3 Å². The third-order valence-corrected chi connectivity index (χ3v) is 6.02. The number of ether oxygens (including phenoxy) is 1. The van der Waals surface area contributed by atoms with Crippen LogP contribution in [0.3, 0.4) is 0 Å². The maximum absolute atomic E-state index is 13.1. The number of fused-ring (bicyclic) bond motifs is 1. The Labute approximate surface area is 148 Å². The Hall–Kier alpha value is -1.63. The van der Waals surface area contributed by atoms with Crippen molar-refractivity contribution in [2.75, 3.05) is 32.8 Å². The van der Waals surface area contributed by atoms with Gasteiger partial charge in [0.25, 0.3) is 0 Å². The summed E-state index contributed by atoms with van der Waals surface area (Å²) in [5.41, 5.74) is -0.888. The van der Waals surface area contributed by atoms with Gasteiger partial charge in [-0.25, -0.2) is 0 Å². The zero-order chi connectivity index (χ0) is 18.0. The van der Waals surface area contributed by atoms with Crippen molar-refractivity contribution >= 4 is 17.8 Å². The van der Waals surface area contributed by atoms with E-state index in [1.807, 2.05) is 6.92 Å². The fourth-order valence-corrected chi connectivity index (χ4v) is 4.52. The van der Waals surface area contributed by atoms with Gasteiger partial charge in [-0.15, -0.1) is 0 Å². The van der Waals surface area contributed by atoms with Crippen LogP contribution in [0.5, 0.6) is 0 Å².